The Morgan fingerprint density at radius 2 is 2.60 bits per heavy atom. The Balaban J connectivity index is 1.78. The van der Waals surface area contributed by atoms with Crippen molar-refractivity contribution in [1.29, 1.82) is 0 Å². The Morgan fingerprint density at radius 3 is 3.20 bits per heavy atom. The molecule has 5 heteroatoms. The number of nitrogens with zero attached hydrogens (tertiary/aromatic N) is 1. The van der Waals surface area contributed by atoms with Crippen LogP contribution in [-0.4, -0.2) is 28.3 Å². The molecule has 2 N–H and O–H groups in total. The molecule has 2 atom stereocenters. The molecule has 0 aromatic carbocycles. The van der Waals surface area contributed by atoms with E-state index in [2.05, 4.69) is 15.5 Å². The number of aromatic amines is 1. The number of aromatic nitrogens is 2. The summed E-state index contributed by atoms with van der Waals surface area (Å²) in [5.74, 6) is -0.0273. The first kappa shape index (κ1) is 10.2. The van der Waals surface area contributed by atoms with E-state index in [4.69, 9.17) is 4.74 Å². The number of carbonyl (C=O) groups excluding carboxylic acids is 1. The van der Waals surface area contributed by atoms with E-state index in [0.29, 0.717) is 6.54 Å². The van der Waals surface area contributed by atoms with Gasteiger partial charge in [0, 0.05) is 18.3 Å². The molecule has 0 bridgehead atoms. The molecule has 0 aliphatic carbocycles. The van der Waals surface area contributed by atoms with E-state index in [1.165, 1.54) is 0 Å². The van der Waals surface area contributed by atoms with Crippen LogP contribution in [0.5, 0.6) is 0 Å². The lowest BCUT2D eigenvalue weighted by molar-refractivity contribution is -0.131. The lowest BCUT2D eigenvalue weighted by Gasteiger charge is -2.10. The van der Waals surface area contributed by atoms with Gasteiger partial charge in [0.15, 0.2) is 0 Å². The first-order valence-corrected chi connectivity index (χ1v) is 5.16. The zero-order chi connectivity index (χ0) is 10.7. The number of hydrogen-bond acceptors (Lipinski definition) is 3. The number of ether oxygens (including phenoxy) is 1. The Kier molecular flexibility index (Phi) is 3.01. The first-order chi connectivity index (χ1) is 7.25. The summed E-state index contributed by atoms with van der Waals surface area (Å²) in [5, 5.41) is 9.32. The summed E-state index contributed by atoms with van der Waals surface area (Å²) in [6.45, 7) is 2.49. The van der Waals surface area contributed by atoms with Crippen LogP contribution in [0, 0.1) is 0 Å². The quantitative estimate of drug-likeness (QED) is 0.765. The molecular weight excluding hydrogens is 194 g/mol. The minimum absolute atomic E-state index is 0.0273. The summed E-state index contributed by atoms with van der Waals surface area (Å²) in [6, 6.07) is 0. The third-order valence-corrected chi connectivity index (χ3v) is 2.55. The summed E-state index contributed by atoms with van der Waals surface area (Å²) < 4.78 is 5.46. The van der Waals surface area contributed by atoms with Gasteiger partial charge in [0.2, 0.25) is 5.91 Å². The van der Waals surface area contributed by atoms with E-state index in [1.54, 1.807) is 12.4 Å². The van der Waals surface area contributed by atoms with Crippen LogP contribution in [0.1, 0.15) is 25.3 Å². The minimum atomic E-state index is -0.271. The Bertz CT molecular complexity index is 323. The van der Waals surface area contributed by atoms with E-state index in [1.807, 2.05) is 6.92 Å². The zero-order valence-electron chi connectivity index (χ0n) is 8.69. The average Bonchev–Trinajstić information content (AvgIpc) is 2.84. The predicted molar refractivity (Wildman–Crippen MR) is 54.0 cm³/mol. The summed E-state index contributed by atoms with van der Waals surface area (Å²) in [4.78, 5) is 11.6. The van der Waals surface area contributed by atoms with E-state index < -0.39 is 0 Å². The maximum absolute atomic E-state index is 11.6. The van der Waals surface area contributed by atoms with E-state index in [9.17, 15) is 4.79 Å². The maximum atomic E-state index is 11.6. The summed E-state index contributed by atoms with van der Waals surface area (Å²) in [5.41, 5.74) is 0.967. The van der Waals surface area contributed by atoms with Gasteiger partial charge in [0.05, 0.1) is 12.3 Å². The molecule has 0 saturated carbocycles. The second kappa shape index (κ2) is 4.44. The summed E-state index contributed by atoms with van der Waals surface area (Å²) in [6.07, 6.45) is 5.17. The van der Waals surface area contributed by atoms with Crippen molar-refractivity contribution >= 4 is 5.91 Å². The standard InChI is InChI=1S/C10H15N3O2/c1-7-2-3-9(15-7)10(14)11-4-8-5-12-13-6-8/h5-7,9H,2-4H2,1H3,(H,11,14)(H,12,13). The fourth-order valence-electron chi connectivity index (χ4n) is 1.67. The van der Waals surface area contributed by atoms with Gasteiger partial charge in [-0.15, -0.1) is 0 Å². The van der Waals surface area contributed by atoms with Gasteiger partial charge in [0.25, 0.3) is 0 Å². The highest BCUT2D eigenvalue weighted by atomic mass is 16.5. The fraction of sp³-hybridized carbons (Fsp3) is 0.600. The van der Waals surface area contributed by atoms with Crippen LogP contribution in [0.4, 0.5) is 0 Å². The highest BCUT2D eigenvalue weighted by Crippen LogP contribution is 2.18. The fourth-order valence-corrected chi connectivity index (χ4v) is 1.67. The van der Waals surface area contributed by atoms with Crippen molar-refractivity contribution in [2.24, 2.45) is 0 Å². The molecule has 0 spiro atoms. The van der Waals surface area contributed by atoms with Crippen molar-refractivity contribution in [2.45, 2.75) is 38.5 Å². The molecule has 0 radical (unpaired) electrons. The van der Waals surface area contributed by atoms with Crippen molar-refractivity contribution in [3.8, 4) is 0 Å². The van der Waals surface area contributed by atoms with Crippen LogP contribution in [0.15, 0.2) is 12.4 Å². The molecule has 1 aliphatic heterocycles. The highest BCUT2D eigenvalue weighted by molar-refractivity contribution is 5.80. The SMILES string of the molecule is CC1CCC(C(=O)NCc2cn[nH]c2)O1. The van der Waals surface area contributed by atoms with Gasteiger partial charge in [-0.05, 0) is 19.8 Å². The molecule has 1 aliphatic rings. The first-order valence-electron chi connectivity index (χ1n) is 5.16. The van der Waals surface area contributed by atoms with Crippen LogP contribution < -0.4 is 5.32 Å². The van der Waals surface area contributed by atoms with Gasteiger partial charge in [-0.25, -0.2) is 0 Å². The number of carbonyl (C=O) groups is 1. The number of hydrogen-bond donors (Lipinski definition) is 2. The van der Waals surface area contributed by atoms with Crippen LogP contribution in [0.25, 0.3) is 0 Å². The Morgan fingerprint density at radius 1 is 1.73 bits per heavy atom. The Hall–Kier alpha value is -1.36. The third kappa shape index (κ3) is 2.56. The topological polar surface area (TPSA) is 67.0 Å². The lowest BCUT2D eigenvalue weighted by Crippen LogP contribution is -2.34. The number of rotatable bonds is 3. The number of H-pyrrole nitrogens is 1. The van der Waals surface area contributed by atoms with Crippen LogP contribution >= 0.6 is 0 Å². The van der Waals surface area contributed by atoms with Gasteiger partial charge >= 0.3 is 0 Å². The van der Waals surface area contributed by atoms with Crippen molar-refractivity contribution in [1.82, 2.24) is 15.5 Å². The van der Waals surface area contributed by atoms with Crippen molar-refractivity contribution in [3.63, 3.8) is 0 Å². The van der Waals surface area contributed by atoms with Crippen molar-refractivity contribution < 1.29 is 9.53 Å². The van der Waals surface area contributed by atoms with Gasteiger partial charge in [0.1, 0.15) is 6.10 Å². The number of nitrogens with one attached hydrogen (secondary N) is 2. The molecule has 1 amide bonds. The zero-order valence-corrected chi connectivity index (χ0v) is 8.69. The number of amides is 1. The molecule has 1 fully saturated rings. The normalized spacial score (nSPS) is 25.4. The van der Waals surface area contributed by atoms with Crippen LogP contribution in [-0.2, 0) is 16.1 Å². The predicted octanol–water partition coefficient (Wildman–Crippen LogP) is 0.593. The summed E-state index contributed by atoms with van der Waals surface area (Å²) in [7, 11) is 0. The summed E-state index contributed by atoms with van der Waals surface area (Å²) >= 11 is 0. The highest BCUT2D eigenvalue weighted by Gasteiger charge is 2.27. The smallest absolute Gasteiger partial charge is 0.249 e. The van der Waals surface area contributed by atoms with E-state index in [-0.39, 0.29) is 18.1 Å². The van der Waals surface area contributed by atoms with Gasteiger partial charge < -0.3 is 10.1 Å². The molecule has 1 aromatic heterocycles. The molecular formula is C10H15N3O2. The van der Waals surface area contributed by atoms with Gasteiger partial charge in [-0.2, -0.15) is 5.10 Å². The van der Waals surface area contributed by atoms with Crippen molar-refractivity contribution in [2.75, 3.05) is 0 Å². The minimum Gasteiger partial charge on any atom is -0.365 e. The lowest BCUT2D eigenvalue weighted by atomic mass is 10.2. The molecule has 5 nitrogen and oxygen atoms in total. The van der Waals surface area contributed by atoms with E-state index in [0.717, 1.165) is 18.4 Å². The molecule has 1 aromatic rings. The molecule has 15 heavy (non-hydrogen) atoms. The Labute approximate surface area is 88.2 Å². The average molecular weight is 209 g/mol. The molecule has 82 valence electrons. The van der Waals surface area contributed by atoms with Crippen molar-refractivity contribution in [3.05, 3.63) is 18.0 Å². The second-order valence-electron chi connectivity index (χ2n) is 3.84. The van der Waals surface area contributed by atoms with Gasteiger partial charge in [-0.1, -0.05) is 0 Å². The molecule has 2 rings (SSSR count). The van der Waals surface area contributed by atoms with Crippen LogP contribution in [0.2, 0.25) is 0 Å². The molecule has 2 unspecified atom stereocenters. The second-order valence-corrected chi connectivity index (χ2v) is 3.84. The third-order valence-electron chi connectivity index (χ3n) is 2.55. The van der Waals surface area contributed by atoms with E-state index >= 15 is 0 Å². The molecule has 2 heterocycles. The monoisotopic (exact) mass is 209 g/mol. The van der Waals surface area contributed by atoms with Crippen LogP contribution in [0.3, 0.4) is 0 Å². The maximum Gasteiger partial charge on any atom is 0.249 e. The van der Waals surface area contributed by atoms with Gasteiger partial charge in [-0.3, -0.25) is 9.89 Å². The molecule has 1 saturated heterocycles. The largest absolute Gasteiger partial charge is 0.365 e.